The number of benzene rings is 1. The van der Waals surface area contributed by atoms with Crippen LogP contribution in [0.4, 0.5) is 0 Å². The zero-order valence-electron chi connectivity index (χ0n) is 11.9. The maximum Gasteiger partial charge on any atom is 0.255 e. The molecule has 4 nitrogen and oxygen atoms in total. The number of hydrogen-bond acceptors (Lipinski definition) is 3. The highest BCUT2D eigenvalue weighted by atomic mass is 16.5. The standard InChI is InChI=1S/C15H23NO3/c1-11(2)6-8-19-9-7-16-15(18)13-5-4-12(3)10-14(13)17/h4-5,10-11,17H,6-9H2,1-3H3,(H,16,18). The van der Waals surface area contributed by atoms with E-state index in [1.807, 2.05) is 6.92 Å². The Kier molecular flexibility index (Phi) is 6.36. The first-order chi connectivity index (χ1) is 9.00. The van der Waals surface area contributed by atoms with Crippen LogP contribution in [0.15, 0.2) is 18.2 Å². The molecule has 0 heterocycles. The Balaban J connectivity index is 2.28. The summed E-state index contributed by atoms with van der Waals surface area (Å²) < 4.78 is 5.40. The van der Waals surface area contributed by atoms with Crippen molar-refractivity contribution in [3.63, 3.8) is 0 Å². The predicted octanol–water partition coefficient (Wildman–Crippen LogP) is 2.49. The van der Waals surface area contributed by atoms with Gasteiger partial charge in [-0.2, -0.15) is 0 Å². The lowest BCUT2D eigenvalue weighted by Gasteiger charge is -2.09. The van der Waals surface area contributed by atoms with Gasteiger partial charge in [-0.1, -0.05) is 19.9 Å². The fourth-order valence-electron chi connectivity index (χ4n) is 1.59. The minimum Gasteiger partial charge on any atom is -0.507 e. The lowest BCUT2D eigenvalue weighted by atomic mass is 10.1. The van der Waals surface area contributed by atoms with E-state index in [2.05, 4.69) is 19.2 Å². The number of phenols is 1. The van der Waals surface area contributed by atoms with Crippen LogP contribution in [-0.2, 0) is 4.74 Å². The van der Waals surface area contributed by atoms with Crippen molar-refractivity contribution >= 4 is 5.91 Å². The van der Waals surface area contributed by atoms with E-state index in [1.165, 1.54) is 0 Å². The highest BCUT2D eigenvalue weighted by molar-refractivity contribution is 5.96. The van der Waals surface area contributed by atoms with E-state index in [1.54, 1.807) is 18.2 Å². The second kappa shape index (κ2) is 7.79. The summed E-state index contributed by atoms with van der Waals surface area (Å²) in [4.78, 5) is 11.8. The fourth-order valence-corrected chi connectivity index (χ4v) is 1.59. The first-order valence-corrected chi connectivity index (χ1v) is 6.66. The Hall–Kier alpha value is -1.55. The highest BCUT2D eigenvalue weighted by Gasteiger charge is 2.09. The Labute approximate surface area is 114 Å². The molecule has 1 aromatic carbocycles. The number of amides is 1. The summed E-state index contributed by atoms with van der Waals surface area (Å²) in [6.45, 7) is 7.80. The van der Waals surface area contributed by atoms with E-state index >= 15 is 0 Å². The third kappa shape index (κ3) is 5.75. The molecule has 0 saturated heterocycles. The number of carbonyl (C=O) groups is 1. The summed E-state index contributed by atoms with van der Waals surface area (Å²) in [5.74, 6) is 0.363. The molecule has 4 heteroatoms. The molecule has 0 unspecified atom stereocenters. The normalized spacial score (nSPS) is 10.7. The summed E-state index contributed by atoms with van der Waals surface area (Å²) in [6.07, 6.45) is 1.02. The van der Waals surface area contributed by atoms with Crippen molar-refractivity contribution < 1.29 is 14.6 Å². The number of nitrogens with one attached hydrogen (secondary N) is 1. The maximum absolute atomic E-state index is 11.8. The number of carbonyl (C=O) groups excluding carboxylic acids is 1. The summed E-state index contributed by atoms with van der Waals surface area (Å²) in [6, 6.07) is 5.00. The molecule has 0 saturated carbocycles. The number of aromatic hydroxyl groups is 1. The number of aryl methyl sites for hydroxylation is 1. The summed E-state index contributed by atoms with van der Waals surface area (Å²) in [5.41, 5.74) is 1.22. The van der Waals surface area contributed by atoms with Gasteiger partial charge in [0.25, 0.3) is 5.91 Å². The minimum absolute atomic E-state index is 0.0122. The van der Waals surface area contributed by atoms with Crippen LogP contribution in [-0.4, -0.2) is 30.8 Å². The van der Waals surface area contributed by atoms with E-state index < -0.39 is 0 Å². The van der Waals surface area contributed by atoms with Crippen LogP contribution < -0.4 is 5.32 Å². The maximum atomic E-state index is 11.8. The Morgan fingerprint density at radius 1 is 1.37 bits per heavy atom. The molecule has 0 aliphatic heterocycles. The molecule has 0 aliphatic carbocycles. The summed E-state index contributed by atoms with van der Waals surface area (Å²) in [7, 11) is 0. The number of phenolic OH excluding ortho intramolecular Hbond substituents is 1. The molecule has 1 amide bonds. The van der Waals surface area contributed by atoms with Crippen molar-refractivity contribution in [2.45, 2.75) is 27.2 Å². The molecular formula is C15H23NO3. The Bertz CT molecular complexity index is 416. The molecule has 1 aromatic rings. The average molecular weight is 265 g/mol. The molecule has 0 aromatic heterocycles. The second-order valence-electron chi connectivity index (χ2n) is 5.07. The zero-order valence-corrected chi connectivity index (χ0v) is 11.9. The molecular weight excluding hydrogens is 242 g/mol. The van der Waals surface area contributed by atoms with Crippen molar-refractivity contribution in [3.8, 4) is 5.75 Å². The van der Waals surface area contributed by atoms with Crippen LogP contribution in [0.2, 0.25) is 0 Å². The van der Waals surface area contributed by atoms with Crippen LogP contribution in [0, 0.1) is 12.8 Å². The molecule has 0 spiro atoms. The lowest BCUT2D eigenvalue weighted by molar-refractivity contribution is 0.0903. The van der Waals surface area contributed by atoms with Gasteiger partial charge in [0.05, 0.1) is 12.2 Å². The molecule has 2 N–H and O–H groups in total. The van der Waals surface area contributed by atoms with Gasteiger partial charge in [-0.25, -0.2) is 0 Å². The molecule has 1 rings (SSSR count). The van der Waals surface area contributed by atoms with Crippen LogP contribution in [0.5, 0.6) is 5.75 Å². The molecule has 0 atom stereocenters. The highest BCUT2D eigenvalue weighted by Crippen LogP contribution is 2.17. The smallest absolute Gasteiger partial charge is 0.255 e. The van der Waals surface area contributed by atoms with Gasteiger partial charge in [-0.15, -0.1) is 0 Å². The lowest BCUT2D eigenvalue weighted by Crippen LogP contribution is -2.27. The zero-order chi connectivity index (χ0) is 14.3. The fraction of sp³-hybridized carbons (Fsp3) is 0.533. The van der Waals surface area contributed by atoms with Crippen molar-refractivity contribution in [1.29, 1.82) is 0 Å². The monoisotopic (exact) mass is 265 g/mol. The van der Waals surface area contributed by atoms with E-state index in [4.69, 9.17) is 4.74 Å². The molecule has 0 fully saturated rings. The number of ether oxygens (including phenoxy) is 1. The molecule has 0 radical (unpaired) electrons. The topological polar surface area (TPSA) is 58.6 Å². The third-order valence-electron chi connectivity index (χ3n) is 2.77. The van der Waals surface area contributed by atoms with E-state index in [0.717, 1.165) is 12.0 Å². The van der Waals surface area contributed by atoms with E-state index in [-0.39, 0.29) is 11.7 Å². The van der Waals surface area contributed by atoms with Gasteiger partial charge in [0.2, 0.25) is 0 Å². The number of rotatable bonds is 7. The van der Waals surface area contributed by atoms with Gasteiger partial charge >= 0.3 is 0 Å². The van der Waals surface area contributed by atoms with Crippen LogP contribution >= 0.6 is 0 Å². The van der Waals surface area contributed by atoms with Crippen LogP contribution in [0.25, 0.3) is 0 Å². The van der Waals surface area contributed by atoms with Gasteiger partial charge in [-0.3, -0.25) is 4.79 Å². The number of hydrogen-bond donors (Lipinski definition) is 2. The van der Waals surface area contributed by atoms with Crippen LogP contribution in [0.3, 0.4) is 0 Å². The molecule has 19 heavy (non-hydrogen) atoms. The quantitative estimate of drug-likeness (QED) is 0.745. The van der Waals surface area contributed by atoms with Crippen molar-refractivity contribution in [2.75, 3.05) is 19.8 Å². The molecule has 0 aliphatic rings. The molecule has 0 bridgehead atoms. The van der Waals surface area contributed by atoms with Crippen molar-refractivity contribution in [2.24, 2.45) is 5.92 Å². The van der Waals surface area contributed by atoms with Gasteiger partial charge in [0.1, 0.15) is 5.75 Å². The first kappa shape index (κ1) is 15.5. The molecule has 106 valence electrons. The van der Waals surface area contributed by atoms with Gasteiger partial charge in [0.15, 0.2) is 0 Å². The largest absolute Gasteiger partial charge is 0.507 e. The SMILES string of the molecule is Cc1ccc(C(=O)NCCOCCC(C)C)c(O)c1. The third-order valence-corrected chi connectivity index (χ3v) is 2.77. The van der Waals surface area contributed by atoms with Crippen molar-refractivity contribution in [3.05, 3.63) is 29.3 Å². The average Bonchev–Trinajstić information content (AvgIpc) is 2.32. The second-order valence-corrected chi connectivity index (χ2v) is 5.07. The van der Waals surface area contributed by atoms with Gasteiger partial charge in [-0.05, 0) is 37.0 Å². The van der Waals surface area contributed by atoms with E-state index in [0.29, 0.717) is 31.2 Å². The van der Waals surface area contributed by atoms with E-state index in [9.17, 15) is 9.90 Å². The van der Waals surface area contributed by atoms with Crippen molar-refractivity contribution in [1.82, 2.24) is 5.32 Å². The van der Waals surface area contributed by atoms with Crippen LogP contribution in [0.1, 0.15) is 36.2 Å². The van der Waals surface area contributed by atoms with Gasteiger partial charge < -0.3 is 15.2 Å². The summed E-state index contributed by atoms with van der Waals surface area (Å²) >= 11 is 0. The van der Waals surface area contributed by atoms with Gasteiger partial charge in [0, 0.05) is 13.2 Å². The Morgan fingerprint density at radius 2 is 2.11 bits per heavy atom. The summed E-state index contributed by atoms with van der Waals surface area (Å²) in [5, 5.41) is 12.4. The Morgan fingerprint density at radius 3 is 2.74 bits per heavy atom. The first-order valence-electron chi connectivity index (χ1n) is 6.66. The predicted molar refractivity (Wildman–Crippen MR) is 75.5 cm³/mol. The minimum atomic E-state index is -0.273.